The summed E-state index contributed by atoms with van der Waals surface area (Å²) in [6.45, 7) is 5.53. The fourth-order valence-corrected chi connectivity index (χ4v) is 3.23. The van der Waals surface area contributed by atoms with Gasteiger partial charge < -0.3 is 9.64 Å². The molecule has 0 radical (unpaired) electrons. The number of ether oxygens (including phenoxy) is 1. The summed E-state index contributed by atoms with van der Waals surface area (Å²) in [7, 11) is 0. The number of amides is 1. The molecule has 152 valence electrons. The summed E-state index contributed by atoms with van der Waals surface area (Å²) < 4.78 is 46.5. The minimum atomic E-state index is -4.47. The van der Waals surface area contributed by atoms with Crippen LogP contribution in [-0.4, -0.2) is 32.9 Å². The van der Waals surface area contributed by atoms with Gasteiger partial charge in [0.15, 0.2) is 0 Å². The van der Waals surface area contributed by atoms with Crippen LogP contribution in [0, 0.1) is 0 Å². The van der Waals surface area contributed by atoms with Gasteiger partial charge in [0.1, 0.15) is 5.60 Å². The maximum absolute atomic E-state index is 13.2. The maximum atomic E-state index is 13.2. The van der Waals surface area contributed by atoms with Crippen LogP contribution in [0.5, 0.6) is 0 Å². The van der Waals surface area contributed by atoms with Gasteiger partial charge in [-0.3, -0.25) is 14.6 Å². The minimum absolute atomic E-state index is 0.0630. The van der Waals surface area contributed by atoms with E-state index in [-0.39, 0.29) is 18.7 Å². The van der Waals surface area contributed by atoms with Gasteiger partial charge in [-0.25, -0.2) is 4.79 Å². The number of aromatic nitrogens is 2. The molecule has 28 heavy (non-hydrogen) atoms. The number of aromatic amines is 1. The molecule has 1 N–H and O–H groups in total. The minimum Gasteiger partial charge on any atom is -0.444 e. The highest BCUT2D eigenvalue weighted by atomic mass is 19.4. The summed E-state index contributed by atoms with van der Waals surface area (Å²) in [5.41, 5.74) is -0.740. The van der Waals surface area contributed by atoms with Gasteiger partial charge in [-0.2, -0.15) is 13.2 Å². The van der Waals surface area contributed by atoms with Crippen molar-refractivity contribution in [2.24, 2.45) is 0 Å². The van der Waals surface area contributed by atoms with Crippen molar-refractivity contribution < 1.29 is 22.7 Å². The summed E-state index contributed by atoms with van der Waals surface area (Å²) in [4.78, 5) is 26.0. The van der Waals surface area contributed by atoms with Gasteiger partial charge in [-0.15, -0.1) is 0 Å². The van der Waals surface area contributed by atoms with E-state index >= 15 is 0 Å². The van der Waals surface area contributed by atoms with Crippen LogP contribution < -0.4 is 5.56 Å². The largest absolute Gasteiger partial charge is 0.444 e. The molecule has 0 spiro atoms. The van der Waals surface area contributed by atoms with Crippen LogP contribution in [0.25, 0.3) is 0 Å². The Morgan fingerprint density at radius 3 is 2.54 bits per heavy atom. The molecule has 1 aliphatic heterocycles. The Kier molecular flexibility index (Phi) is 5.03. The monoisotopic (exact) mass is 397 g/mol. The quantitative estimate of drug-likeness (QED) is 0.843. The molecule has 2 heterocycles. The number of carbonyl (C=O) groups is 1. The predicted octanol–water partition coefficient (Wildman–Crippen LogP) is 3.54. The molecule has 0 unspecified atom stereocenters. The SMILES string of the molecule is CC(C)(C)OC(=O)N1CCc2c(c(=O)[nH]n2Cc2ccccc2C(F)(F)F)C1. The van der Waals surface area contributed by atoms with Gasteiger partial charge in [-0.05, 0) is 32.4 Å². The van der Waals surface area contributed by atoms with E-state index in [1.54, 1.807) is 20.8 Å². The Bertz CT molecular complexity index is 938. The smallest absolute Gasteiger partial charge is 0.416 e. The molecule has 0 bridgehead atoms. The Labute approximate surface area is 159 Å². The normalized spacial score (nSPS) is 14.7. The number of benzene rings is 1. The first-order valence-electron chi connectivity index (χ1n) is 8.89. The molecule has 1 aliphatic rings. The zero-order chi connectivity index (χ0) is 20.7. The third-order valence-corrected chi connectivity index (χ3v) is 4.46. The molecule has 1 aromatic heterocycles. The highest BCUT2D eigenvalue weighted by molar-refractivity contribution is 5.68. The standard InChI is InChI=1S/C19H22F3N3O3/c1-18(2,3)28-17(27)24-9-8-15-13(11-24)16(26)23-25(15)10-12-6-4-5-7-14(12)19(20,21)22/h4-7H,8-11H2,1-3H3,(H,23,26). The summed E-state index contributed by atoms with van der Waals surface area (Å²) >= 11 is 0. The van der Waals surface area contributed by atoms with Crippen molar-refractivity contribution >= 4 is 6.09 Å². The van der Waals surface area contributed by atoms with Crippen LogP contribution in [0.1, 0.15) is 43.2 Å². The third kappa shape index (κ3) is 4.23. The fourth-order valence-electron chi connectivity index (χ4n) is 3.23. The number of H-pyrrole nitrogens is 1. The average Bonchev–Trinajstić information content (AvgIpc) is 2.88. The topological polar surface area (TPSA) is 67.3 Å². The predicted molar refractivity (Wildman–Crippen MR) is 95.9 cm³/mol. The second-order valence-corrected chi connectivity index (χ2v) is 7.76. The lowest BCUT2D eigenvalue weighted by molar-refractivity contribution is -0.138. The molecular weight excluding hydrogens is 375 g/mol. The molecule has 3 rings (SSSR count). The molecule has 2 aromatic rings. The molecule has 0 fully saturated rings. The van der Waals surface area contributed by atoms with Crippen molar-refractivity contribution in [2.75, 3.05) is 6.54 Å². The van der Waals surface area contributed by atoms with Gasteiger partial charge in [0, 0.05) is 18.7 Å². The number of carbonyl (C=O) groups excluding carboxylic acids is 1. The Hall–Kier alpha value is -2.71. The number of nitrogens with one attached hydrogen (secondary N) is 1. The molecule has 1 amide bonds. The highest BCUT2D eigenvalue weighted by Gasteiger charge is 2.34. The van der Waals surface area contributed by atoms with E-state index in [4.69, 9.17) is 4.74 Å². The van der Waals surface area contributed by atoms with Crippen LogP contribution in [0.2, 0.25) is 0 Å². The van der Waals surface area contributed by atoms with Gasteiger partial charge >= 0.3 is 12.3 Å². The second kappa shape index (κ2) is 7.03. The van der Waals surface area contributed by atoms with Crippen molar-refractivity contribution in [1.29, 1.82) is 0 Å². The van der Waals surface area contributed by atoms with Crippen LogP contribution >= 0.6 is 0 Å². The first-order chi connectivity index (χ1) is 13.0. The van der Waals surface area contributed by atoms with E-state index in [2.05, 4.69) is 5.10 Å². The lowest BCUT2D eigenvalue weighted by Gasteiger charge is -2.30. The van der Waals surface area contributed by atoms with Gasteiger partial charge in [0.25, 0.3) is 5.56 Å². The molecule has 1 aromatic carbocycles. The number of halogens is 3. The van der Waals surface area contributed by atoms with E-state index in [9.17, 15) is 22.8 Å². The van der Waals surface area contributed by atoms with Crippen LogP contribution in [0.3, 0.4) is 0 Å². The Morgan fingerprint density at radius 2 is 1.89 bits per heavy atom. The van der Waals surface area contributed by atoms with E-state index < -0.39 is 29.0 Å². The number of alkyl halides is 3. The van der Waals surface area contributed by atoms with Gasteiger partial charge in [-0.1, -0.05) is 18.2 Å². The van der Waals surface area contributed by atoms with E-state index in [0.717, 1.165) is 6.07 Å². The zero-order valence-electron chi connectivity index (χ0n) is 15.9. The first kappa shape index (κ1) is 20.0. The lowest BCUT2D eigenvalue weighted by atomic mass is 10.1. The molecular formula is C19H22F3N3O3. The number of hydrogen-bond acceptors (Lipinski definition) is 3. The van der Waals surface area contributed by atoms with Crippen molar-refractivity contribution in [3.8, 4) is 0 Å². The van der Waals surface area contributed by atoms with Gasteiger partial charge in [0.2, 0.25) is 0 Å². The number of rotatable bonds is 2. The number of fused-ring (bicyclic) bond motifs is 1. The number of hydrogen-bond donors (Lipinski definition) is 1. The zero-order valence-corrected chi connectivity index (χ0v) is 15.9. The van der Waals surface area contributed by atoms with E-state index in [1.165, 1.54) is 27.8 Å². The van der Waals surface area contributed by atoms with Crippen LogP contribution in [-0.2, 0) is 30.4 Å². The lowest BCUT2D eigenvalue weighted by Crippen LogP contribution is -2.41. The molecule has 0 atom stereocenters. The average molecular weight is 397 g/mol. The first-order valence-corrected chi connectivity index (χ1v) is 8.89. The summed E-state index contributed by atoms with van der Waals surface area (Å²) in [5.74, 6) is 0. The molecule has 9 heteroatoms. The van der Waals surface area contributed by atoms with Crippen LogP contribution in [0.4, 0.5) is 18.0 Å². The summed E-state index contributed by atoms with van der Waals surface area (Å²) in [6, 6.07) is 5.28. The maximum Gasteiger partial charge on any atom is 0.416 e. The van der Waals surface area contributed by atoms with Crippen LogP contribution in [0.15, 0.2) is 29.1 Å². The summed E-state index contributed by atoms with van der Waals surface area (Å²) in [6.07, 6.45) is -4.65. The molecule has 0 aliphatic carbocycles. The third-order valence-electron chi connectivity index (χ3n) is 4.46. The molecule has 0 saturated carbocycles. The van der Waals surface area contributed by atoms with E-state index in [0.29, 0.717) is 24.2 Å². The van der Waals surface area contributed by atoms with Crippen molar-refractivity contribution in [3.63, 3.8) is 0 Å². The summed E-state index contributed by atoms with van der Waals surface area (Å²) in [5, 5.41) is 2.60. The van der Waals surface area contributed by atoms with E-state index in [1.807, 2.05) is 0 Å². The molecule has 0 saturated heterocycles. The second-order valence-electron chi connectivity index (χ2n) is 7.76. The molecule has 6 nitrogen and oxygen atoms in total. The van der Waals surface area contributed by atoms with Crippen molar-refractivity contribution in [2.45, 2.75) is 52.1 Å². The fraction of sp³-hybridized carbons (Fsp3) is 0.474. The number of nitrogens with zero attached hydrogens (tertiary/aromatic N) is 2. The van der Waals surface area contributed by atoms with Crippen molar-refractivity contribution in [3.05, 3.63) is 57.0 Å². The Morgan fingerprint density at radius 1 is 1.21 bits per heavy atom. The highest BCUT2D eigenvalue weighted by Crippen LogP contribution is 2.32. The van der Waals surface area contributed by atoms with Crippen molar-refractivity contribution in [1.82, 2.24) is 14.7 Å². The van der Waals surface area contributed by atoms with Gasteiger partial charge in [0.05, 0.1) is 24.2 Å². The Balaban J connectivity index is 1.85.